The molecule has 1 unspecified atom stereocenters. The van der Waals surface area contributed by atoms with Gasteiger partial charge in [-0.25, -0.2) is 0 Å². The van der Waals surface area contributed by atoms with Gasteiger partial charge in [0.15, 0.2) is 5.16 Å². The van der Waals surface area contributed by atoms with Crippen LogP contribution in [0.1, 0.15) is 61.7 Å². The number of thioether (sulfide) groups is 1. The second-order valence-electron chi connectivity index (χ2n) is 6.76. The van der Waals surface area contributed by atoms with Crippen molar-refractivity contribution in [3.05, 3.63) is 28.2 Å². The van der Waals surface area contributed by atoms with E-state index in [0.29, 0.717) is 12.1 Å². The molecule has 1 aliphatic heterocycles. The van der Waals surface area contributed by atoms with E-state index in [1.807, 2.05) is 23.1 Å². The molecule has 130 valence electrons. The molecular weight excluding hydrogens is 338 g/mol. The lowest BCUT2D eigenvalue weighted by Crippen LogP contribution is -2.17. The maximum absolute atomic E-state index is 5.78. The standard InChI is InChI=1S/C18H25N3OS2/c1-2-6-14(7-3-1)21-17(12-16-9-5-11-23-16)19-20-18(21)24-13-15-8-4-10-22-15/h5,9,11,14-15H,1-4,6-8,10,12-13H2. The van der Waals surface area contributed by atoms with E-state index >= 15 is 0 Å². The molecule has 0 radical (unpaired) electrons. The summed E-state index contributed by atoms with van der Waals surface area (Å²) in [7, 11) is 0. The molecule has 0 bridgehead atoms. The zero-order valence-electron chi connectivity index (χ0n) is 14.0. The summed E-state index contributed by atoms with van der Waals surface area (Å²) >= 11 is 3.65. The van der Waals surface area contributed by atoms with Crippen molar-refractivity contribution in [1.82, 2.24) is 14.8 Å². The third-order valence-electron chi connectivity index (χ3n) is 5.01. The fourth-order valence-corrected chi connectivity index (χ4v) is 5.54. The fourth-order valence-electron chi connectivity index (χ4n) is 3.74. The molecule has 1 saturated heterocycles. The summed E-state index contributed by atoms with van der Waals surface area (Å²) in [6.45, 7) is 0.921. The van der Waals surface area contributed by atoms with E-state index in [-0.39, 0.29) is 0 Å². The van der Waals surface area contributed by atoms with Crippen molar-refractivity contribution in [2.24, 2.45) is 0 Å². The average molecular weight is 364 g/mol. The van der Waals surface area contributed by atoms with E-state index in [9.17, 15) is 0 Å². The molecular formula is C18H25N3OS2. The van der Waals surface area contributed by atoms with Crippen LogP contribution in [-0.2, 0) is 11.2 Å². The Hall–Kier alpha value is -0.850. The average Bonchev–Trinajstić information content (AvgIpc) is 3.37. The Kier molecular flexibility index (Phi) is 5.55. The van der Waals surface area contributed by atoms with Crippen molar-refractivity contribution in [1.29, 1.82) is 0 Å². The summed E-state index contributed by atoms with van der Waals surface area (Å²) in [6.07, 6.45) is 10.3. The lowest BCUT2D eigenvalue weighted by atomic mass is 9.95. The number of ether oxygens (including phenoxy) is 1. The molecule has 1 saturated carbocycles. The second kappa shape index (κ2) is 8.02. The molecule has 0 N–H and O–H groups in total. The van der Waals surface area contributed by atoms with Crippen molar-refractivity contribution in [2.75, 3.05) is 12.4 Å². The van der Waals surface area contributed by atoms with Gasteiger partial charge in [0.05, 0.1) is 6.10 Å². The Morgan fingerprint density at radius 1 is 1.17 bits per heavy atom. The maximum atomic E-state index is 5.78. The molecule has 2 fully saturated rings. The third-order valence-corrected chi connectivity index (χ3v) is 6.96. The largest absolute Gasteiger partial charge is 0.377 e. The van der Waals surface area contributed by atoms with Crippen molar-refractivity contribution < 1.29 is 4.74 Å². The van der Waals surface area contributed by atoms with Crippen LogP contribution in [0.15, 0.2) is 22.7 Å². The van der Waals surface area contributed by atoms with Gasteiger partial charge in [0.25, 0.3) is 0 Å². The molecule has 4 rings (SSSR count). The number of rotatable bonds is 6. The molecule has 0 spiro atoms. The van der Waals surface area contributed by atoms with Gasteiger partial charge in [-0.1, -0.05) is 37.1 Å². The predicted molar refractivity (Wildman–Crippen MR) is 99.0 cm³/mol. The lowest BCUT2D eigenvalue weighted by Gasteiger charge is -2.25. The van der Waals surface area contributed by atoms with E-state index < -0.39 is 0 Å². The highest BCUT2D eigenvalue weighted by Crippen LogP contribution is 2.34. The van der Waals surface area contributed by atoms with Crippen LogP contribution >= 0.6 is 23.1 Å². The van der Waals surface area contributed by atoms with Crippen LogP contribution in [0.5, 0.6) is 0 Å². The van der Waals surface area contributed by atoms with Crippen molar-refractivity contribution in [2.45, 2.75) is 68.7 Å². The first-order valence-electron chi connectivity index (χ1n) is 9.11. The minimum absolute atomic E-state index is 0.396. The summed E-state index contributed by atoms with van der Waals surface area (Å²) in [4.78, 5) is 1.37. The Morgan fingerprint density at radius 3 is 2.83 bits per heavy atom. The minimum Gasteiger partial charge on any atom is -0.377 e. The van der Waals surface area contributed by atoms with Gasteiger partial charge in [-0.05, 0) is 37.1 Å². The Balaban J connectivity index is 1.53. The van der Waals surface area contributed by atoms with Gasteiger partial charge in [-0.2, -0.15) is 0 Å². The van der Waals surface area contributed by atoms with Gasteiger partial charge < -0.3 is 9.30 Å². The molecule has 1 aliphatic carbocycles. The molecule has 6 heteroatoms. The molecule has 3 heterocycles. The van der Waals surface area contributed by atoms with Crippen molar-refractivity contribution >= 4 is 23.1 Å². The highest BCUT2D eigenvalue weighted by molar-refractivity contribution is 7.99. The zero-order chi connectivity index (χ0) is 16.2. The second-order valence-corrected chi connectivity index (χ2v) is 8.78. The van der Waals surface area contributed by atoms with E-state index in [0.717, 1.165) is 29.8 Å². The monoisotopic (exact) mass is 363 g/mol. The Bertz CT molecular complexity index is 629. The third kappa shape index (κ3) is 3.86. The molecule has 0 aromatic carbocycles. The summed E-state index contributed by atoms with van der Waals surface area (Å²) < 4.78 is 8.23. The van der Waals surface area contributed by atoms with Gasteiger partial charge in [-0.3, -0.25) is 0 Å². The molecule has 1 atom stereocenters. The summed E-state index contributed by atoms with van der Waals surface area (Å²) in [5, 5.41) is 12.4. The topological polar surface area (TPSA) is 39.9 Å². The van der Waals surface area contributed by atoms with Crippen LogP contribution in [-0.4, -0.2) is 33.2 Å². The van der Waals surface area contributed by atoms with Crippen molar-refractivity contribution in [3.8, 4) is 0 Å². The predicted octanol–water partition coefficient (Wildman–Crippen LogP) is 4.71. The maximum Gasteiger partial charge on any atom is 0.191 e. The first-order chi connectivity index (χ1) is 11.9. The number of hydrogen-bond acceptors (Lipinski definition) is 5. The smallest absolute Gasteiger partial charge is 0.191 e. The zero-order valence-corrected chi connectivity index (χ0v) is 15.7. The number of hydrogen-bond donors (Lipinski definition) is 0. The first kappa shape index (κ1) is 16.6. The number of thiophene rings is 1. The number of nitrogens with zero attached hydrogens (tertiary/aromatic N) is 3. The molecule has 2 aliphatic rings. The van der Waals surface area contributed by atoms with Gasteiger partial charge in [0, 0.05) is 29.7 Å². The minimum atomic E-state index is 0.396. The van der Waals surface area contributed by atoms with Gasteiger partial charge in [0.2, 0.25) is 0 Å². The van der Waals surface area contributed by atoms with E-state index in [2.05, 4.69) is 32.3 Å². The van der Waals surface area contributed by atoms with Crippen LogP contribution in [0.25, 0.3) is 0 Å². The van der Waals surface area contributed by atoms with Gasteiger partial charge in [-0.15, -0.1) is 21.5 Å². The van der Waals surface area contributed by atoms with Crippen LogP contribution in [0.3, 0.4) is 0 Å². The van der Waals surface area contributed by atoms with Crippen molar-refractivity contribution in [3.63, 3.8) is 0 Å². The SMILES string of the molecule is c1csc(Cc2nnc(SCC3CCCO3)n2C2CCCCC2)c1. The van der Waals surface area contributed by atoms with Crippen LogP contribution < -0.4 is 0 Å². The molecule has 2 aromatic rings. The summed E-state index contributed by atoms with van der Waals surface area (Å²) in [5.41, 5.74) is 0. The highest BCUT2D eigenvalue weighted by Gasteiger charge is 2.24. The molecule has 24 heavy (non-hydrogen) atoms. The summed E-state index contributed by atoms with van der Waals surface area (Å²) in [6, 6.07) is 4.90. The highest BCUT2D eigenvalue weighted by atomic mass is 32.2. The van der Waals surface area contributed by atoms with E-state index in [4.69, 9.17) is 4.74 Å². The molecule has 4 nitrogen and oxygen atoms in total. The normalized spacial score (nSPS) is 22.2. The lowest BCUT2D eigenvalue weighted by molar-refractivity contribution is 0.128. The number of aromatic nitrogens is 3. The summed E-state index contributed by atoms with van der Waals surface area (Å²) in [5.74, 6) is 2.14. The van der Waals surface area contributed by atoms with Crippen LogP contribution in [0, 0.1) is 0 Å². The van der Waals surface area contributed by atoms with Crippen LogP contribution in [0.2, 0.25) is 0 Å². The Labute approximate surface area is 152 Å². The quantitative estimate of drug-likeness (QED) is 0.697. The van der Waals surface area contributed by atoms with Crippen LogP contribution in [0.4, 0.5) is 0 Å². The first-order valence-corrected chi connectivity index (χ1v) is 11.0. The molecule has 0 amide bonds. The van der Waals surface area contributed by atoms with E-state index in [1.165, 1.54) is 49.8 Å². The van der Waals surface area contributed by atoms with Gasteiger partial charge in [0.1, 0.15) is 5.82 Å². The van der Waals surface area contributed by atoms with Gasteiger partial charge >= 0.3 is 0 Å². The Morgan fingerprint density at radius 2 is 2.08 bits per heavy atom. The fraction of sp³-hybridized carbons (Fsp3) is 0.667. The van der Waals surface area contributed by atoms with E-state index in [1.54, 1.807) is 0 Å². The molecule has 2 aromatic heterocycles.